The van der Waals surface area contributed by atoms with E-state index < -0.39 is 0 Å². The zero-order valence-electron chi connectivity index (χ0n) is 16.9. The Morgan fingerprint density at radius 1 is 0.967 bits per heavy atom. The highest BCUT2D eigenvalue weighted by molar-refractivity contribution is 5.92. The maximum atomic E-state index is 11.7. The van der Waals surface area contributed by atoms with Gasteiger partial charge < -0.3 is 15.4 Å². The van der Waals surface area contributed by atoms with Crippen LogP contribution in [0.15, 0.2) is 60.9 Å². The summed E-state index contributed by atoms with van der Waals surface area (Å²) in [6.07, 6.45) is 3.29. The first-order chi connectivity index (χ1) is 14.5. The molecule has 0 saturated carbocycles. The standard InChI is InChI=1S/C23H21N5O2/c1-14-4-5-15(2)20(10-14)28-23-26-13-16-11-17(6-7-19(16)27-23)30-18-8-9-25-21(12-18)22(29)24-3/h4-13H,1-3H3,(H,24,29)(H,26,27,28). The van der Waals surface area contributed by atoms with Crippen molar-refractivity contribution in [3.05, 3.63) is 77.7 Å². The lowest BCUT2D eigenvalue weighted by Crippen LogP contribution is -2.18. The summed E-state index contributed by atoms with van der Waals surface area (Å²) in [6, 6.07) is 15.1. The van der Waals surface area contributed by atoms with Crippen molar-refractivity contribution in [3.63, 3.8) is 0 Å². The molecule has 4 rings (SSSR count). The van der Waals surface area contributed by atoms with Crippen molar-refractivity contribution in [2.45, 2.75) is 13.8 Å². The smallest absolute Gasteiger partial charge is 0.269 e. The number of hydrogen-bond donors (Lipinski definition) is 2. The van der Waals surface area contributed by atoms with Crippen LogP contribution in [0.5, 0.6) is 11.5 Å². The second kappa shape index (κ2) is 8.16. The summed E-state index contributed by atoms with van der Waals surface area (Å²) in [5, 5.41) is 6.68. The quantitative estimate of drug-likeness (QED) is 0.512. The zero-order chi connectivity index (χ0) is 21.1. The van der Waals surface area contributed by atoms with E-state index in [0.717, 1.165) is 22.2 Å². The van der Waals surface area contributed by atoms with Gasteiger partial charge in [-0.2, -0.15) is 0 Å². The molecule has 0 fully saturated rings. The summed E-state index contributed by atoms with van der Waals surface area (Å²) in [5.41, 5.74) is 4.37. The van der Waals surface area contributed by atoms with Crippen molar-refractivity contribution >= 4 is 28.4 Å². The first kappa shape index (κ1) is 19.3. The summed E-state index contributed by atoms with van der Waals surface area (Å²) >= 11 is 0. The predicted molar refractivity (Wildman–Crippen MR) is 116 cm³/mol. The van der Waals surface area contributed by atoms with Gasteiger partial charge in [-0.3, -0.25) is 9.78 Å². The van der Waals surface area contributed by atoms with E-state index in [4.69, 9.17) is 4.74 Å². The molecule has 150 valence electrons. The molecular weight excluding hydrogens is 378 g/mol. The van der Waals surface area contributed by atoms with E-state index in [9.17, 15) is 4.79 Å². The first-order valence-electron chi connectivity index (χ1n) is 9.49. The number of anilines is 2. The van der Waals surface area contributed by atoms with Crippen LogP contribution in [-0.4, -0.2) is 27.9 Å². The van der Waals surface area contributed by atoms with Gasteiger partial charge in [-0.05, 0) is 55.3 Å². The van der Waals surface area contributed by atoms with Crippen LogP contribution in [0.3, 0.4) is 0 Å². The van der Waals surface area contributed by atoms with E-state index in [-0.39, 0.29) is 5.91 Å². The molecule has 0 spiro atoms. The summed E-state index contributed by atoms with van der Waals surface area (Å²) in [7, 11) is 1.56. The van der Waals surface area contributed by atoms with Crippen molar-refractivity contribution in [1.29, 1.82) is 0 Å². The van der Waals surface area contributed by atoms with E-state index in [1.54, 1.807) is 25.4 Å². The van der Waals surface area contributed by atoms with E-state index in [0.29, 0.717) is 23.1 Å². The molecule has 2 aromatic carbocycles. The van der Waals surface area contributed by atoms with Gasteiger partial charge in [0.2, 0.25) is 5.95 Å². The molecule has 30 heavy (non-hydrogen) atoms. The fraction of sp³-hybridized carbons (Fsp3) is 0.130. The fourth-order valence-electron chi connectivity index (χ4n) is 2.99. The van der Waals surface area contributed by atoms with Crippen LogP contribution in [0, 0.1) is 13.8 Å². The minimum atomic E-state index is -0.267. The summed E-state index contributed by atoms with van der Waals surface area (Å²) in [5.74, 6) is 1.41. The van der Waals surface area contributed by atoms with E-state index >= 15 is 0 Å². The number of hydrogen-bond acceptors (Lipinski definition) is 6. The van der Waals surface area contributed by atoms with Gasteiger partial charge in [0.1, 0.15) is 17.2 Å². The monoisotopic (exact) mass is 399 g/mol. The van der Waals surface area contributed by atoms with Crippen LogP contribution >= 0.6 is 0 Å². The lowest BCUT2D eigenvalue weighted by molar-refractivity contribution is 0.0958. The molecule has 0 saturated heterocycles. The van der Waals surface area contributed by atoms with Crippen LogP contribution in [-0.2, 0) is 0 Å². The van der Waals surface area contributed by atoms with Crippen LogP contribution in [0.25, 0.3) is 10.9 Å². The molecule has 0 bridgehead atoms. The fourth-order valence-corrected chi connectivity index (χ4v) is 2.99. The molecule has 1 amide bonds. The number of aromatic nitrogens is 3. The number of aryl methyl sites for hydroxylation is 2. The highest BCUT2D eigenvalue weighted by Crippen LogP contribution is 2.26. The number of nitrogens with zero attached hydrogens (tertiary/aromatic N) is 3. The highest BCUT2D eigenvalue weighted by Gasteiger charge is 2.08. The molecule has 0 radical (unpaired) electrons. The average Bonchev–Trinajstić information content (AvgIpc) is 2.76. The number of amides is 1. The maximum absolute atomic E-state index is 11.7. The van der Waals surface area contributed by atoms with E-state index in [1.165, 1.54) is 11.8 Å². The lowest BCUT2D eigenvalue weighted by atomic mass is 10.1. The minimum Gasteiger partial charge on any atom is -0.457 e. The topological polar surface area (TPSA) is 89.0 Å². The largest absolute Gasteiger partial charge is 0.457 e. The molecular formula is C23H21N5O2. The number of nitrogens with one attached hydrogen (secondary N) is 2. The third kappa shape index (κ3) is 4.20. The van der Waals surface area contributed by atoms with Gasteiger partial charge in [0.25, 0.3) is 5.91 Å². The first-order valence-corrected chi connectivity index (χ1v) is 9.49. The molecule has 0 aliphatic carbocycles. The van der Waals surface area contributed by atoms with Gasteiger partial charge in [-0.1, -0.05) is 12.1 Å². The van der Waals surface area contributed by atoms with Crippen molar-refractivity contribution in [1.82, 2.24) is 20.3 Å². The van der Waals surface area contributed by atoms with Gasteiger partial charge in [-0.15, -0.1) is 0 Å². The Morgan fingerprint density at radius 2 is 1.80 bits per heavy atom. The number of rotatable bonds is 5. The molecule has 0 aliphatic heterocycles. The second-order valence-electron chi connectivity index (χ2n) is 6.92. The van der Waals surface area contributed by atoms with Crippen LogP contribution in [0.4, 0.5) is 11.6 Å². The van der Waals surface area contributed by atoms with E-state index in [2.05, 4.69) is 43.8 Å². The molecule has 0 atom stereocenters. The van der Waals surface area contributed by atoms with Gasteiger partial charge in [0, 0.05) is 36.6 Å². The average molecular weight is 399 g/mol. The van der Waals surface area contributed by atoms with Crippen molar-refractivity contribution in [2.24, 2.45) is 0 Å². The minimum absolute atomic E-state index is 0.267. The van der Waals surface area contributed by atoms with Crippen molar-refractivity contribution < 1.29 is 9.53 Å². The Labute approximate surface area is 174 Å². The normalized spacial score (nSPS) is 10.6. The molecule has 4 aromatic rings. The predicted octanol–water partition coefficient (Wildman–Crippen LogP) is 4.54. The number of pyridine rings is 1. The maximum Gasteiger partial charge on any atom is 0.269 e. The second-order valence-corrected chi connectivity index (χ2v) is 6.92. The molecule has 2 aromatic heterocycles. The number of carbonyl (C=O) groups is 1. The van der Waals surface area contributed by atoms with Crippen molar-refractivity contribution in [3.8, 4) is 11.5 Å². The molecule has 2 heterocycles. The van der Waals surface area contributed by atoms with Crippen LogP contribution in [0.1, 0.15) is 21.6 Å². The van der Waals surface area contributed by atoms with Crippen molar-refractivity contribution in [2.75, 3.05) is 12.4 Å². The molecule has 0 aliphatic rings. The molecule has 7 nitrogen and oxygen atoms in total. The Kier molecular flexibility index (Phi) is 5.26. The van der Waals surface area contributed by atoms with Gasteiger partial charge >= 0.3 is 0 Å². The third-order valence-electron chi connectivity index (χ3n) is 4.62. The number of carbonyl (C=O) groups excluding carboxylic acids is 1. The zero-order valence-corrected chi connectivity index (χ0v) is 16.9. The third-order valence-corrected chi connectivity index (χ3v) is 4.62. The SMILES string of the molecule is CNC(=O)c1cc(Oc2ccc3nc(Nc4cc(C)ccc4C)ncc3c2)ccn1. The highest BCUT2D eigenvalue weighted by atomic mass is 16.5. The summed E-state index contributed by atoms with van der Waals surface area (Å²) in [4.78, 5) is 24.8. The van der Waals surface area contributed by atoms with Crippen LogP contribution < -0.4 is 15.4 Å². The van der Waals surface area contributed by atoms with Gasteiger partial charge in [-0.25, -0.2) is 9.97 Å². The van der Waals surface area contributed by atoms with Gasteiger partial charge in [0.05, 0.1) is 5.52 Å². The molecule has 0 unspecified atom stereocenters. The number of benzene rings is 2. The Morgan fingerprint density at radius 3 is 2.63 bits per heavy atom. The Balaban J connectivity index is 1.56. The number of fused-ring (bicyclic) bond motifs is 1. The van der Waals surface area contributed by atoms with Gasteiger partial charge in [0.15, 0.2) is 0 Å². The summed E-state index contributed by atoms with van der Waals surface area (Å²) in [6.45, 7) is 4.09. The Bertz CT molecular complexity index is 1240. The lowest BCUT2D eigenvalue weighted by Gasteiger charge is -2.10. The molecule has 2 N–H and O–H groups in total. The number of ether oxygens (including phenoxy) is 1. The Hall–Kier alpha value is -4.00. The molecule has 7 heteroatoms. The summed E-state index contributed by atoms with van der Waals surface area (Å²) < 4.78 is 5.89. The van der Waals surface area contributed by atoms with Crippen LogP contribution in [0.2, 0.25) is 0 Å². The van der Waals surface area contributed by atoms with E-state index in [1.807, 2.05) is 32.0 Å².